The van der Waals surface area contributed by atoms with Gasteiger partial charge < -0.3 is 16.4 Å². The van der Waals surface area contributed by atoms with Gasteiger partial charge in [0, 0.05) is 18.0 Å². The average Bonchev–Trinajstić information content (AvgIpc) is 2.93. The zero-order valence-electron chi connectivity index (χ0n) is 14.0. The van der Waals surface area contributed by atoms with E-state index in [9.17, 15) is 9.59 Å². The van der Waals surface area contributed by atoms with Crippen molar-refractivity contribution in [2.45, 2.75) is 26.3 Å². The Bertz CT molecular complexity index is 736. The first-order chi connectivity index (χ1) is 11.4. The van der Waals surface area contributed by atoms with Gasteiger partial charge in [0.05, 0.1) is 27.8 Å². The first-order valence-corrected chi connectivity index (χ1v) is 8.91. The standard InChI is InChI=1S/C16H21ClN4O2S.ClH/c1-9(2)15(18)16(23)20-8-13(22)19-6-5-14-21-11-7-10(17)3-4-12(11)24-14;/h3-4,7,9,15H,5-6,8,18H2,1-2H3,(H,19,22)(H,20,23);1H/t15-;/m0./s1. The predicted octanol–water partition coefficient (Wildman–Crippen LogP) is 2.13. The molecule has 25 heavy (non-hydrogen) atoms. The van der Waals surface area contributed by atoms with E-state index in [1.54, 1.807) is 11.3 Å². The molecule has 6 nitrogen and oxygen atoms in total. The minimum absolute atomic E-state index is 0. The minimum atomic E-state index is -0.604. The Hall–Kier alpha value is -1.41. The molecule has 0 saturated heterocycles. The quantitative estimate of drug-likeness (QED) is 0.658. The lowest BCUT2D eigenvalue weighted by Gasteiger charge is -2.15. The van der Waals surface area contributed by atoms with E-state index in [-0.39, 0.29) is 36.7 Å². The highest BCUT2D eigenvalue weighted by Crippen LogP contribution is 2.24. The van der Waals surface area contributed by atoms with Crippen LogP contribution in [0.4, 0.5) is 0 Å². The molecule has 0 fully saturated rings. The van der Waals surface area contributed by atoms with E-state index in [2.05, 4.69) is 15.6 Å². The fraction of sp³-hybridized carbons (Fsp3) is 0.438. The highest BCUT2D eigenvalue weighted by Gasteiger charge is 2.17. The molecular formula is C16H22Cl2N4O2S. The van der Waals surface area contributed by atoms with Gasteiger partial charge in [-0.05, 0) is 24.1 Å². The van der Waals surface area contributed by atoms with Gasteiger partial charge >= 0.3 is 0 Å². The number of fused-ring (bicyclic) bond motifs is 1. The topological polar surface area (TPSA) is 97.1 Å². The van der Waals surface area contributed by atoms with E-state index >= 15 is 0 Å². The van der Waals surface area contributed by atoms with E-state index in [4.69, 9.17) is 17.3 Å². The Labute approximate surface area is 161 Å². The summed E-state index contributed by atoms with van der Waals surface area (Å²) >= 11 is 7.52. The number of amides is 2. The van der Waals surface area contributed by atoms with Crippen molar-refractivity contribution < 1.29 is 9.59 Å². The van der Waals surface area contributed by atoms with E-state index < -0.39 is 6.04 Å². The Morgan fingerprint density at radius 1 is 1.32 bits per heavy atom. The van der Waals surface area contributed by atoms with Crippen LogP contribution in [0.5, 0.6) is 0 Å². The molecule has 2 aromatic rings. The number of hydrogen-bond donors (Lipinski definition) is 3. The number of aromatic nitrogens is 1. The molecule has 2 amide bonds. The van der Waals surface area contributed by atoms with Crippen molar-refractivity contribution in [3.05, 3.63) is 28.2 Å². The van der Waals surface area contributed by atoms with Crippen molar-refractivity contribution in [3.8, 4) is 0 Å². The highest BCUT2D eigenvalue weighted by molar-refractivity contribution is 7.18. The second-order valence-corrected chi connectivity index (χ2v) is 7.36. The predicted molar refractivity (Wildman–Crippen MR) is 104 cm³/mol. The summed E-state index contributed by atoms with van der Waals surface area (Å²) in [4.78, 5) is 27.9. The molecule has 1 heterocycles. The number of halogens is 2. The maximum absolute atomic E-state index is 11.7. The van der Waals surface area contributed by atoms with E-state index in [1.807, 2.05) is 32.0 Å². The van der Waals surface area contributed by atoms with Crippen molar-refractivity contribution in [3.63, 3.8) is 0 Å². The number of nitrogens with one attached hydrogen (secondary N) is 2. The molecule has 1 aromatic carbocycles. The van der Waals surface area contributed by atoms with Crippen molar-refractivity contribution in [2.75, 3.05) is 13.1 Å². The number of carbonyl (C=O) groups excluding carboxylic acids is 2. The van der Waals surface area contributed by atoms with Crippen LogP contribution in [0.2, 0.25) is 5.02 Å². The first-order valence-electron chi connectivity index (χ1n) is 7.71. The van der Waals surface area contributed by atoms with Gasteiger partial charge in [0.15, 0.2) is 0 Å². The maximum atomic E-state index is 11.7. The molecule has 0 radical (unpaired) electrons. The lowest BCUT2D eigenvalue weighted by atomic mass is 10.1. The molecule has 0 bridgehead atoms. The van der Waals surface area contributed by atoms with Gasteiger partial charge in [0.25, 0.3) is 0 Å². The fourth-order valence-corrected chi connectivity index (χ4v) is 3.13. The summed E-state index contributed by atoms with van der Waals surface area (Å²) < 4.78 is 1.07. The number of rotatable bonds is 7. The highest BCUT2D eigenvalue weighted by atomic mass is 35.5. The molecule has 0 aliphatic carbocycles. The minimum Gasteiger partial charge on any atom is -0.354 e. The summed E-state index contributed by atoms with van der Waals surface area (Å²) in [6.07, 6.45) is 0.627. The Morgan fingerprint density at radius 3 is 2.72 bits per heavy atom. The molecule has 4 N–H and O–H groups in total. The smallest absolute Gasteiger partial charge is 0.239 e. The van der Waals surface area contributed by atoms with E-state index in [0.29, 0.717) is 18.0 Å². The summed E-state index contributed by atoms with van der Waals surface area (Å²) in [7, 11) is 0. The van der Waals surface area contributed by atoms with Crippen molar-refractivity contribution >= 4 is 57.4 Å². The first kappa shape index (κ1) is 21.6. The van der Waals surface area contributed by atoms with E-state index in [0.717, 1.165) is 15.2 Å². The van der Waals surface area contributed by atoms with Crippen LogP contribution in [0.1, 0.15) is 18.9 Å². The number of nitrogens with zero attached hydrogens (tertiary/aromatic N) is 1. The Kier molecular flexibility index (Phi) is 8.58. The van der Waals surface area contributed by atoms with Crippen LogP contribution in [-0.2, 0) is 16.0 Å². The van der Waals surface area contributed by atoms with Crippen molar-refractivity contribution in [1.29, 1.82) is 0 Å². The van der Waals surface area contributed by atoms with Crippen LogP contribution in [0.15, 0.2) is 18.2 Å². The van der Waals surface area contributed by atoms with Gasteiger partial charge in [-0.2, -0.15) is 0 Å². The van der Waals surface area contributed by atoms with Gasteiger partial charge in [0.2, 0.25) is 11.8 Å². The third kappa shape index (κ3) is 6.43. The van der Waals surface area contributed by atoms with Crippen LogP contribution in [0.3, 0.4) is 0 Å². The normalized spacial score (nSPS) is 11.9. The number of thiazole rings is 1. The van der Waals surface area contributed by atoms with Crippen LogP contribution in [0, 0.1) is 5.92 Å². The number of carbonyl (C=O) groups is 2. The summed E-state index contributed by atoms with van der Waals surface area (Å²) in [5.74, 6) is -0.535. The molecule has 0 spiro atoms. The van der Waals surface area contributed by atoms with Crippen LogP contribution < -0.4 is 16.4 Å². The summed E-state index contributed by atoms with van der Waals surface area (Å²) in [6.45, 7) is 4.10. The van der Waals surface area contributed by atoms with Gasteiger partial charge in [-0.15, -0.1) is 23.7 Å². The molecular weight excluding hydrogens is 383 g/mol. The maximum Gasteiger partial charge on any atom is 0.239 e. The Morgan fingerprint density at radius 2 is 2.04 bits per heavy atom. The van der Waals surface area contributed by atoms with Gasteiger partial charge in [-0.1, -0.05) is 25.4 Å². The monoisotopic (exact) mass is 404 g/mol. The number of benzene rings is 1. The molecule has 9 heteroatoms. The molecule has 0 aliphatic heterocycles. The molecule has 1 atom stereocenters. The van der Waals surface area contributed by atoms with Crippen LogP contribution >= 0.6 is 35.3 Å². The largest absolute Gasteiger partial charge is 0.354 e. The molecule has 1 aromatic heterocycles. The number of hydrogen-bond acceptors (Lipinski definition) is 5. The second-order valence-electron chi connectivity index (χ2n) is 5.81. The fourth-order valence-electron chi connectivity index (χ4n) is 2.01. The molecule has 0 saturated carbocycles. The third-order valence-electron chi connectivity index (χ3n) is 3.50. The molecule has 2 rings (SSSR count). The van der Waals surface area contributed by atoms with Crippen LogP contribution in [-0.4, -0.2) is 35.9 Å². The van der Waals surface area contributed by atoms with Gasteiger partial charge in [-0.25, -0.2) is 4.98 Å². The molecule has 138 valence electrons. The molecule has 0 unspecified atom stereocenters. The SMILES string of the molecule is CC(C)[C@H](N)C(=O)NCC(=O)NCCc1nc2cc(Cl)ccc2s1.Cl. The molecule has 0 aliphatic rings. The summed E-state index contributed by atoms with van der Waals surface area (Å²) in [5.41, 5.74) is 6.57. The van der Waals surface area contributed by atoms with Gasteiger partial charge in [-0.3, -0.25) is 9.59 Å². The second kappa shape index (κ2) is 9.91. The van der Waals surface area contributed by atoms with E-state index in [1.165, 1.54) is 0 Å². The Balaban J connectivity index is 0.00000312. The zero-order valence-corrected chi connectivity index (χ0v) is 16.4. The summed E-state index contributed by atoms with van der Waals surface area (Å²) in [6, 6.07) is 4.99. The third-order valence-corrected chi connectivity index (χ3v) is 4.83. The summed E-state index contributed by atoms with van der Waals surface area (Å²) in [5, 5.41) is 6.88. The van der Waals surface area contributed by atoms with Crippen molar-refractivity contribution in [1.82, 2.24) is 15.6 Å². The average molecular weight is 405 g/mol. The zero-order chi connectivity index (χ0) is 17.7. The lowest BCUT2D eigenvalue weighted by molar-refractivity contribution is -0.127. The van der Waals surface area contributed by atoms with Crippen LogP contribution in [0.25, 0.3) is 10.2 Å². The number of nitrogens with two attached hydrogens (primary N) is 1. The lowest BCUT2D eigenvalue weighted by Crippen LogP contribution is -2.47. The van der Waals surface area contributed by atoms with Gasteiger partial charge in [0.1, 0.15) is 0 Å². The van der Waals surface area contributed by atoms with Crippen molar-refractivity contribution in [2.24, 2.45) is 11.7 Å².